The highest BCUT2D eigenvalue weighted by molar-refractivity contribution is 5.92. The Morgan fingerprint density at radius 2 is 1.94 bits per heavy atom. The molecule has 2 fully saturated rings. The van der Waals surface area contributed by atoms with Gasteiger partial charge in [0.15, 0.2) is 11.5 Å². The Morgan fingerprint density at radius 3 is 2.74 bits per heavy atom. The third-order valence-corrected chi connectivity index (χ3v) is 7.03. The van der Waals surface area contributed by atoms with Crippen LogP contribution >= 0.6 is 0 Å². The Kier molecular flexibility index (Phi) is 6.74. The number of hydrogen-bond donors (Lipinski definition) is 3. The van der Waals surface area contributed by atoms with Crippen LogP contribution in [0.1, 0.15) is 29.9 Å². The largest absolute Gasteiger partial charge is 0.504 e. The second kappa shape index (κ2) is 10.1. The molecule has 3 N–H and O–H groups in total. The van der Waals surface area contributed by atoms with Gasteiger partial charge >= 0.3 is 0 Å². The first-order valence-electron chi connectivity index (χ1n) is 12.1. The fraction of sp³-hybridized carbons (Fsp3) is 0.370. The number of nitrogens with one attached hydrogen (secondary N) is 1. The summed E-state index contributed by atoms with van der Waals surface area (Å²) < 4.78 is 19.7. The lowest BCUT2D eigenvalue weighted by molar-refractivity contribution is -0.134. The summed E-state index contributed by atoms with van der Waals surface area (Å²) in [5.41, 5.74) is 2.80. The molecule has 0 saturated carbocycles. The molecule has 2 saturated heterocycles. The average Bonchev–Trinajstić information content (AvgIpc) is 3.28. The monoisotopic (exact) mass is 479 g/mol. The van der Waals surface area contributed by atoms with E-state index in [-0.39, 0.29) is 29.3 Å². The van der Waals surface area contributed by atoms with Gasteiger partial charge in [-0.1, -0.05) is 6.07 Å². The van der Waals surface area contributed by atoms with E-state index in [1.165, 1.54) is 29.8 Å². The molecule has 35 heavy (non-hydrogen) atoms. The lowest BCUT2D eigenvalue weighted by Gasteiger charge is -2.38. The van der Waals surface area contributed by atoms with Crippen molar-refractivity contribution >= 4 is 22.9 Å². The third kappa shape index (κ3) is 5.33. The summed E-state index contributed by atoms with van der Waals surface area (Å²) in [6.45, 7) is 4.22. The van der Waals surface area contributed by atoms with E-state index in [4.69, 9.17) is 4.74 Å². The second-order valence-corrected chi connectivity index (χ2v) is 9.37. The number of H-pyrrole nitrogens is 1. The number of aromatic nitrogens is 1. The minimum Gasteiger partial charge on any atom is -0.504 e. The van der Waals surface area contributed by atoms with Crippen molar-refractivity contribution in [1.29, 1.82) is 0 Å². The number of carbonyl (C=O) groups excluding carboxylic acids is 1. The summed E-state index contributed by atoms with van der Waals surface area (Å²) in [5.74, 6) is -0.316. The highest BCUT2D eigenvalue weighted by Crippen LogP contribution is 2.33. The predicted octanol–water partition coefficient (Wildman–Crippen LogP) is 3.84. The van der Waals surface area contributed by atoms with Crippen molar-refractivity contribution in [3.05, 3.63) is 65.6 Å². The maximum Gasteiger partial charge on any atom is 0.246 e. The number of phenolic OH excluding ortho intramolecular Hbond substituents is 2. The highest BCUT2D eigenvalue weighted by atomic mass is 19.1. The van der Waals surface area contributed by atoms with E-state index in [0.29, 0.717) is 31.2 Å². The van der Waals surface area contributed by atoms with E-state index < -0.39 is 0 Å². The number of likely N-dealkylation sites (tertiary alicyclic amines) is 1. The first-order valence-corrected chi connectivity index (χ1v) is 12.1. The molecule has 0 spiro atoms. The van der Waals surface area contributed by atoms with E-state index in [1.807, 2.05) is 6.20 Å². The third-order valence-electron chi connectivity index (χ3n) is 7.03. The predicted molar refractivity (Wildman–Crippen MR) is 132 cm³/mol. The van der Waals surface area contributed by atoms with E-state index in [0.717, 1.165) is 43.4 Å². The Bertz CT molecular complexity index is 1230. The molecule has 1 atom stereocenters. The van der Waals surface area contributed by atoms with Crippen LogP contribution in [-0.2, 0) is 9.53 Å². The average molecular weight is 480 g/mol. The molecule has 1 aromatic heterocycles. The van der Waals surface area contributed by atoms with Crippen LogP contribution in [-0.4, -0.2) is 76.3 Å². The normalized spacial score (nSPS) is 20.1. The number of ether oxygens (including phenoxy) is 1. The van der Waals surface area contributed by atoms with Gasteiger partial charge in [0.2, 0.25) is 5.91 Å². The number of nitrogens with zero attached hydrogens (tertiary/aromatic N) is 2. The fourth-order valence-electron chi connectivity index (χ4n) is 5.11. The molecule has 2 aliphatic heterocycles. The van der Waals surface area contributed by atoms with Crippen LogP contribution in [0.4, 0.5) is 4.39 Å². The Morgan fingerprint density at radius 1 is 1.11 bits per heavy atom. The molecule has 1 unspecified atom stereocenters. The molecule has 8 heteroatoms. The minimum absolute atomic E-state index is 0.0439. The molecule has 0 bridgehead atoms. The van der Waals surface area contributed by atoms with Gasteiger partial charge in [-0.25, -0.2) is 4.39 Å². The zero-order valence-electron chi connectivity index (χ0n) is 19.5. The first-order chi connectivity index (χ1) is 17.0. The lowest BCUT2D eigenvalue weighted by Crippen LogP contribution is -2.50. The Hall–Kier alpha value is -3.36. The molecule has 1 amide bonds. The molecule has 0 aliphatic carbocycles. The van der Waals surface area contributed by atoms with Gasteiger partial charge in [-0.2, -0.15) is 0 Å². The topological polar surface area (TPSA) is 89.0 Å². The molecular formula is C27H30FN3O4. The standard InChI is InChI=1S/C27H30FN3O4/c28-20-3-4-24-22(14-20)23(15-29-24)19-7-9-30(10-8-19)16-21-17-31(11-12-35-21)27(34)6-2-18-1-5-25(32)26(33)13-18/h1-6,13-15,19,21,29,32-33H,7-12,16-17H2/b6-2+. The van der Waals surface area contributed by atoms with Crippen molar-refractivity contribution in [1.82, 2.24) is 14.8 Å². The zero-order valence-corrected chi connectivity index (χ0v) is 19.5. The van der Waals surface area contributed by atoms with Gasteiger partial charge in [0.05, 0.1) is 12.7 Å². The molecule has 7 nitrogen and oxygen atoms in total. The number of hydrogen-bond acceptors (Lipinski definition) is 5. The van der Waals surface area contributed by atoms with Crippen molar-refractivity contribution in [2.75, 3.05) is 39.3 Å². The summed E-state index contributed by atoms with van der Waals surface area (Å²) in [6.07, 6.45) is 7.10. The highest BCUT2D eigenvalue weighted by Gasteiger charge is 2.28. The first kappa shape index (κ1) is 23.4. The minimum atomic E-state index is -0.216. The molecule has 184 valence electrons. The number of fused-ring (bicyclic) bond motifs is 1. The second-order valence-electron chi connectivity index (χ2n) is 9.37. The molecule has 0 radical (unpaired) electrons. The van der Waals surface area contributed by atoms with E-state index in [2.05, 4.69) is 9.88 Å². The number of halogens is 1. The number of benzene rings is 2. The van der Waals surface area contributed by atoms with Gasteiger partial charge in [0.1, 0.15) is 5.82 Å². The van der Waals surface area contributed by atoms with E-state index >= 15 is 0 Å². The summed E-state index contributed by atoms with van der Waals surface area (Å²) >= 11 is 0. The van der Waals surface area contributed by atoms with Gasteiger partial charge in [-0.05, 0) is 79.4 Å². The van der Waals surface area contributed by atoms with E-state index in [1.54, 1.807) is 29.2 Å². The molecule has 3 heterocycles. The number of rotatable bonds is 5. The number of phenols is 2. The SMILES string of the molecule is O=C(/C=C/c1ccc(O)c(O)c1)N1CCOC(CN2CCC(c3c[nH]c4ccc(F)cc34)CC2)C1. The Balaban J connectivity index is 1.13. The zero-order chi connectivity index (χ0) is 24.4. The molecule has 5 rings (SSSR count). The van der Waals surface area contributed by atoms with Gasteiger partial charge < -0.3 is 29.7 Å². The quantitative estimate of drug-likeness (QED) is 0.382. The number of carbonyl (C=O) groups is 1. The molecule has 3 aromatic rings. The van der Waals surface area contributed by atoms with Crippen molar-refractivity contribution < 1.29 is 24.1 Å². The maximum atomic E-state index is 13.8. The van der Waals surface area contributed by atoms with Crippen LogP contribution in [0.2, 0.25) is 0 Å². The number of amides is 1. The fourth-order valence-corrected chi connectivity index (χ4v) is 5.11. The van der Waals surface area contributed by atoms with Gasteiger partial charge in [-0.3, -0.25) is 4.79 Å². The van der Waals surface area contributed by atoms with Gasteiger partial charge in [-0.15, -0.1) is 0 Å². The number of piperidine rings is 1. The maximum absolute atomic E-state index is 13.8. The number of aromatic hydroxyl groups is 2. The summed E-state index contributed by atoms with van der Waals surface area (Å²) in [7, 11) is 0. The van der Waals surface area contributed by atoms with Crippen LogP contribution in [0.3, 0.4) is 0 Å². The smallest absolute Gasteiger partial charge is 0.246 e. The van der Waals surface area contributed by atoms with Crippen molar-refractivity contribution in [3.8, 4) is 11.5 Å². The molecule has 2 aromatic carbocycles. The number of aromatic amines is 1. The van der Waals surface area contributed by atoms with Crippen molar-refractivity contribution in [2.24, 2.45) is 0 Å². The van der Waals surface area contributed by atoms with Crippen molar-refractivity contribution in [3.63, 3.8) is 0 Å². The van der Waals surface area contributed by atoms with Crippen LogP contribution in [0.5, 0.6) is 11.5 Å². The van der Waals surface area contributed by atoms with Crippen molar-refractivity contribution in [2.45, 2.75) is 24.9 Å². The Labute approximate surface area is 203 Å². The summed E-state index contributed by atoms with van der Waals surface area (Å²) in [5, 5.41) is 20.0. The van der Waals surface area contributed by atoms with Crippen LogP contribution < -0.4 is 0 Å². The van der Waals surface area contributed by atoms with Crippen LogP contribution in [0, 0.1) is 5.82 Å². The lowest BCUT2D eigenvalue weighted by atomic mass is 9.89. The molecule has 2 aliphatic rings. The molecular weight excluding hydrogens is 449 g/mol. The summed E-state index contributed by atoms with van der Waals surface area (Å²) in [6, 6.07) is 9.34. The van der Waals surface area contributed by atoms with Crippen LogP contribution in [0.25, 0.3) is 17.0 Å². The summed E-state index contributed by atoms with van der Waals surface area (Å²) in [4.78, 5) is 20.1. The van der Waals surface area contributed by atoms with Gasteiger partial charge in [0.25, 0.3) is 0 Å². The van der Waals surface area contributed by atoms with E-state index in [9.17, 15) is 19.4 Å². The van der Waals surface area contributed by atoms with Crippen LogP contribution in [0.15, 0.2) is 48.7 Å². The van der Waals surface area contributed by atoms with Gasteiger partial charge in [0, 0.05) is 42.8 Å². The number of morpholine rings is 1.